The first kappa shape index (κ1) is 28.2. The van der Waals surface area contributed by atoms with Crippen LogP contribution in [0.1, 0.15) is 22.3 Å². The van der Waals surface area contributed by atoms with Crippen LogP contribution in [0.15, 0.2) is 72.8 Å². The topological polar surface area (TPSA) is 86.8 Å². The Morgan fingerprint density at radius 3 is 2.19 bits per heavy atom. The maximum atomic E-state index is 13.9. The first-order chi connectivity index (χ1) is 17.5. The molecule has 3 rings (SSSR count). The quantitative estimate of drug-likeness (QED) is 0.418. The lowest BCUT2D eigenvalue weighted by Crippen LogP contribution is -2.53. The molecule has 0 aromatic heterocycles. The van der Waals surface area contributed by atoms with E-state index in [-0.39, 0.29) is 18.9 Å². The van der Waals surface area contributed by atoms with E-state index < -0.39 is 28.5 Å². The van der Waals surface area contributed by atoms with Gasteiger partial charge in [-0.1, -0.05) is 66.2 Å². The summed E-state index contributed by atoms with van der Waals surface area (Å²) in [7, 11) is -2.31. The minimum Gasteiger partial charge on any atom is -0.357 e. The summed E-state index contributed by atoms with van der Waals surface area (Å²) in [5, 5.41) is 3.14. The van der Waals surface area contributed by atoms with Crippen molar-refractivity contribution in [1.82, 2.24) is 10.2 Å². The van der Waals surface area contributed by atoms with Gasteiger partial charge < -0.3 is 10.2 Å². The number of anilines is 1. The van der Waals surface area contributed by atoms with Crippen molar-refractivity contribution >= 4 is 39.1 Å². The highest BCUT2D eigenvalue weighted by atomic mass is 35.5. The molecule has 9 heteroatoms. The molecule has 3 aromatic carbocycles. The Hall–Kier alpha value is -3.36. The lowest BCUT2D eigenvalue weighted by atomic mass is 10.0. The number of amides is 2. The Labute approximate surface area is 224 Å². The zero-order valence-electron chi connectivity index (χ0n) is 21.4. The molecule has 0 aliphatic rings. The van der Waals surface area contributed by atoms with Crippen molar-refractivity contribution in [3.05, 3.63) is 100 Å². The van der Waals surface area contributed by atoms with Crippen molar-refractivity contribution in [2.45, 2.75) is 32.9 Å². The third-order valence-electron chi connectivity index (χ3n) is 6.23. The van der Waals surface area contributed by atoms with Gasteiger partial charge in [-0.15, -0.1) is 0 Å². The molecule has 0 fully saturated rings. The van der Waals surface area contributed by atoms with Gasteiger partial charge >= 0.3 is 0 Å². The molecule has 196 valence electrons. The van der Waals surface area contributed by atoms with Crippen LogP contribution in [0.3, 0.4) is 0 Å². The molecule has 0 radical (unpaired) electrons. The SMILES string of the molecule is CNC(=O)[C@H](Cc1ccccc1)N(Cc1ccccc1C)C(=O)CN(c1ccc(Cl)cc1C)S(C)(=O)=O. The van der Waals surface area contributed by atoms with E-state index in [9.17, 15) is 18.0 Å². The molecule has 0 heterocycles. The van der Waals surface area contributed by atoms with Gasteiger partial charge in [0.15, 0.2) is 0 Å². The number of halogens is 1. The molecule has 0 spiro atoms. The standard InChI is InChI=1S/C28H32ClN3O4S/c1-20-10-8-9-13-23(20)18-31(26(28(34)30-3)17-22-11-6-5-7-12-22)27(33)19-32(37(4,35)36)25-15-14-24(29)16-21(25)2/h5-16,26H,17-19H2,1-4H3,(H,30,34)/t26-/m0/s1. The number of carbonyl (C=O) groups excluding carboxylic acids is 2. The second-order valence-corrected chi connectivity index (χ2v) is 11.3. The zero-order chi connectivity index (χ0) is 27.2. The van der Waals surface area contributed by atoms with Crippen LogP contribution in [0.5, 0.6) is 0 Å². The van der Waals surface area contributed by atoms with Gasteiger partial charge in [0.25, 0.3) is 0 Å². The number of nitrogens with one attached hydrogen (secondary N) is 1. The number of sulfonamides is 1. The van der Waals surface area contributed by atoms with Crippen LogP contribution in [0.25, 0.3) is 0 Å². The second-order valence-electron chi connectivity index (χ2n) is 8.97. The molecule has 1 atom stereocenters. The molecule has 37 heavy (non-hydrogen) atoms. The monoisotopic (exact) mass is 541 g/mol. The van der Waals surface area contributed by atoms with Gasteiger partial charge in [0, 0.05) is 25.0 Å². The molecule has 0 unspecified atom stereocenters. The lowest BCUT2D eigenvalue weighted by molar-refractivity contribution is -0.139. The van der Waals surface area contributed by atoms with E-state index >= 15 is 0 Å². The Morgan fingerprint density at radius 1 is 0.946 bits per heavy atom. The van der Waals surface area contributed by atoms with Crippen LogP contribution in [-0.2, 0) is 32.6 Å². The fourth-order valence-corrected chi connectivity index (χ4v) is 5.32. The smallest absolute Gasteiger partial charge is 0.244 e. The van der Waals surface area contributed by atoms with Gasteiger partial charge in [-0.25, -0.2) is 8.42 Å². The Morgan fingerprint density at radius 2 is 1.59 bits per heavy atom. The van der Waals surface area contributed by atoms with Crippen molar-refractivity contribution in [3.8, 4) is 0 Å². The Balaban J connectivity index is 2.06. The second kappa shape index (κ2) is 12.3. The van der Waals surface area contributed by atoms with Crippen LogP contribution < -0.4 is 9.62 Å². The molecule has 0 saturated carbocycles. The highest BCUT2D eigenvalue weighted by Crippen LogP contribution is 2.26. The van der Waals surface area contributed by atoms with Gasteiger partial charge in [0.2, 0.25) is 21.8 Å². The fraction of sp³-hybridized carbons (Fsp3) is 0.286. The highest BCUT2D eigenvalue weighted by Gasteiger charge is 2.33. The summed E-state index contributed by atoms with van der Waals surface area (Å²) in [4.78, 5) is 28.5. The number of nitrogens with zero attached hydrogens (tertiary/aromatic N) is 2. The number of hydrogen-bond donors (Lipinski definition) is 1. The molecular formula is C28H32ClN3O4S. The Kier molecular flexibility index (Phi) is 9.34. The van der Waals surface area contributed by atoms with Crippen molar-refractivity contribution < 1.29 is 18.0 Å². The van der Waals surface area contributed by atoms with Crippen LogP contribution in [0.2, 0.25) is 5.02 Å². The minimum atomic E-state index is -3.83. The molecule has 0 aliphatic heterocycles. The van der Waals surface area contributed by atoms with Crippen molar-refractivity contribution in [3.63, 3.8) is 0 Å². The van der Waals surface area contributed by atoms with Crippen LogP contribution in [0, 0.1) is 13.8 Å². The van der Waals surface area contributed by atoms with Crippen LogP contribution >= 0.6 is 11.6 Å². The maximum Gasteiger partial charge on any atom is 0.244 e. The number of aryl methyl sites for hydroxylation is 2. The average molecular weight is 542 g/mol. The normalized spacial score (nSPS) is 12.0. The maximum absolute atomic E-state index is 13.9. The largest absolute Gasteiger partial charge is 0.357 e. The zero-order valence-corrected chi connectivity index (χ0v) is 23.0. The van der Waals surface area contributed by atoms with Gasteiger partial charge in [-0.05, 0) is 54.3 Å². The van der Waals surface area contributed by atoms with Crippen molar-refractivity contribution in [2.24, 2.45) is 0 Å². The predicted molar refractivity (Wildman–Crippen MR) is 148 cm³/mol. The summed E-state index contributed by atoms with van der Waals surface area (Å²) in [5.74, 6) is -0.827. The van der Waals surface area contributed by atoms with Gasteiger partial charge in [-0.3, -0.25) is 13.9 Å². The molecule has 1 N–H and O–H groups in total. The molecule has 0 aliphatic carbocycles. The van der Waals surface area contributed by atoms with Crippen molar-refractivity contribution in [1.29, 1.82) is 0 Å². The number of benzene rings is 3. The van der Waals surface area contributed by atoms with E-state index in [2.05, 4.69) is 5.32 Å². The van der Waals surface area contributed by atoms with Crippen molar-refractivity contribution in [2.75, 3.05) is 24.2 Å². The van der Waals surface area contributed by atoms with E-state index in [0.29, 0.717) is 16.3 Å². The van der Waals surface area contributed by atoms with E-state index in [4.69, 9.17) is 11.6 Å². The molecule has 0 bridgehead atoms. The van der Waals surface area contributed by atoms with E-state index in [0.717, 1.165) is 27.3 Å². The summed E-state index contributed by atoms with van der Waals surface area (Å²) in [5.41, 5.74) is 3.68. The van der Waals surface area contributed by atoms with E-state index in [1.165, 1.54) is 11.9 Å². The molecule has 0 saturated heterocycles. The number of likely N-dealkylation sites (N-methyl/N-ethyl adjacent to an activating group) is 1. The lowest BCUT2D eigenvalue weighted by Gasteiger charge is -2.33. The number of carbonyl (C=O) groups is 2. The van der Waals surface area contributed by atoms with Crippen LogP contribution in [0.4, 0.5) is 5.69 Å². The average Bonchev–Trinajstić information content (AvgIpc) is 2.85. The summed E-state index contributed by atoms with van der Waals surface area (Å²) >= 11 is 6.08. The number of hydrogen-bond acceptors (Lipinski definition) is 4. The number of rotatable bonds is 10. The van der Waals surface area contributed by atoms with E-state index in [1.807, 2.05) is 61.5 Å². The predicted octanol–water partition coefficient (Wildman–Crippen LogP) is 4.11. The summed E-state index contributed by atoms with van der Waals surface area (Å²) in [6, 6.07) is 21.0. The minimum absolute atomic E-state index is 0.146. The highest BCUT2D eigenvalue weighted by molar-refractivity contribution is 7.92. The first-order valence-corrected chi connectivity index (χ1v) is 14.1. The third kappa shape index (κ3) is 7.33. The van der Waals surface area contributed by atoms with Crippen LogP contribution in [-0.4, -0.2) is 51.0 Å². The summed E-state index contributed by atoms with van der Waals surface area (Å²) < 4.78 is 26.7. The molecular weight excluding hydrogens is 510 g/mol. The molecule has 7 nitrogen and oxygen atoms in total. The third-order valence-corrected chi connectivity index (χ3v) is 7.59. The summed E-state index contributed by atoms with van der Waals surface area (Å²) in [6.45, 7) is 3.35. The van der Waals surface area contributed by atoms with E-state index in [1.54, 1.807) is 25.1 Å². The first-order valence-electron chi connectivity index (χ1n) is 11.8. The molecule has 2 amide bonds. The summed E-state index contributed by atoms with van der Waals surface area (Å²) in [6.07, 6.45) is 1.33. The van der Waals surface area contributed by atoms with Gasteiger partial charge in [0.05, 0.1) is 11.9 Å². The van der Waals surface area contributed by atoms with Gasteiger partial charge in [-0.2, -0.15) is 0 Å². The molecule has 3 aromatic rings. The Bertz CT molecular complexity index is 1360. The fourth-order valence-electron chi connectivity index (χ4n) is 4.19. The van der Waals surface area contributed by atoms with Gasteiger partial charge in [0.1, 0.15) is 12.6 Å².